The SMILES string of the molecule is CC(=O)c1cc(I)c(-c2ccccc2)c2c1OC(C)(C)OC2=O. The molecule has 0 amide bonds. The second-order valence-electron chi connectivity index (χ2n) is 5.80. The first-order valence-corrected chi connectivity index (χ1v) is 8.23. The van der Waals surface area contributed by atoms with Crippen LogP contribution in [0.2, 0.25) is 0 Å². The van der Waals surface area contributed by atoms with E-state index in [9.17, 15) is 9.59 Å². The summed E-state index contributed by atoms with van der Waals surface area (Å²) in [5, 5.41) is 0. The molecule has 2 aromatic carbocycles. The van der Waals surface area contributed by atoms with Crippen LogP contribution in [-0.2, 0) is 4.74 Å². The quantitative estimate of drug-likeness (QED) is 0.408. The van der Waals surface area contributed by atoms with Gasteiger partial charge < -0.3 is 9.47 Å². The fraction of sp³-hybridized carbons (Fsp3) is 0.222. The summed E-state index contributed by atoms with van der Waals surface area (Å²) in [7, 11) is 0. The minimum atomic E-state index is -1.10. The molecule has 0 aromatic heterocycles. The molecule has 5 heteroatoms. The van der Waals surface area contributed by atoms with Gasteiger partial charge in [-0.15, -0.1) is 0 Å². The predicted octanol–water partition coefficient (Wildman–Crippen LogP) is 4.45. The summed E-state index contributed by atoms with van der Waals surface area (Å²) < 4.78 is 12.0. The van der Waals surface area contributed by atoms with E-state index in [1.807, 2.05) is 30.3 Å². The smallest absolute Gasteiger partial charge is 0.345 e. The van der Waals surface area contributed by atoms with Crippen molar-refractivity contribution >= 4 is 34.3 Å². The highest BCUT2D eigenvalue weighted by Gasteiger charge is 2.39. The number of halogens is 1. The zero-order chi connectivity index (χ0) is 16.8. The first-order chi connectivity index (χ1) is 10.8. The van der Waals surface area contributed by atoms with E-state index in [4.69, 9.17) is 9.47 Å². The van der Waals surface area contributed by atoms with Gasteiger partial charge in [0, 0.05) is 23.0 Å². The molecular weight excluding hydrogens is 407 g/mol. The fourth-order valence-corrected chi connectivity index (χ4v) is 3.51. The second kappa shape index (κ2) is 5.63. The normalized spacial score (nSPS) is 15.4. The van der Waals surface area contributed by atoms with Crippen LogP contribution in [0.1, 0.15) is 41.5 Å². The third-order valence-electron chi connectivity index (χ3n) is 3.56. The Kier molecular flexibility index (Phi) is 3.91. The van der Waals surface area contributed by atoms with Crippen LogP contribution in [0.5, 0.6) is 5.75 Å². The van der Waals surface area contributed by atoms with Crippen molar-refractivity contribution in [1.82, 2.24) is 0 Å². The highest BCUT2D eigenvalue weighted by Crippen LogP contribution is 2.42. The number of benzene rings is 2. The van der Waals surface area contributed by atoms with Crippen molar-refractivity contribution < 1.29 is 19.1 Å². The predicted molar refractivity (Wildman–Crippen MR) is 94.7 cm³/mol. The van der Waals surface area contributed by atoms with E-state index in [0.29, 0.717) is 16.9 Å². The molecule has 0 aliphatic carbocycles. The van der Waals surface area contributed by atoms with Gasteiger partial charge in [0.25, 0.3) is 0 Å². The van der Waals surface area contributed by atoms with Gasteiger partial charge in [0.2, 0.25) is 5.79 Å². The number of esters is 1. The number of fused-ring (bicyclic) bond motifs is 1. The van der Waals surface area contributed by atoms with Crippen molar-refractivity contribution in [3.63, 3.8) is 0 Å². The second-order valence-corrected chi connectivity index (χ2v) is 6.96. The molecule has 0 fully saturated rings. The molecule has 3 rings (SSSR count). The van der Waals surface area contributed by atoms with E-state index in [1.54, 1.807) is 19.9 Å². The summed E-state index contributed by atoms with van der Waals surface area (Å²) in [6.07, 6.45) is 0. The van der Waals surface area contributed by atoms with E-state index in [2.05, 4.69) is 22.6 Å². The molecule has 0 atom stereocenters. The molecule has 1 heterocycles. The van der Waals surface area contributed by atoms with E-state index in [-0.39, 0.29) is 5.78 Å². The number of Topliss-reactive ketones (excluding diaryl/α,β-unsaturated/α-hetero) is 1. The lowest BCUT2D eigenvalue weighted by atomic mass is 9.94. The molecule has 4 nitrogen and oxygen atoms in total. The van der Waals surface area contributed by atoms with Crippen LogP contribution >= 0.6 is 22.6 Å². The van der Waals surface area contributed by atoms with Crippen LogP contribution in [0, 0.1) is 3.57 Å². The molecule has 2 aromatic rings. The summed E-state index contributed by atoms with van der Waals surface area (Å²) in [5.74, 6) is -1.42. The Bertz CT molecular complexity index is 810. The van der Waals surface area contributed by atoms with E-state index >= 15 is 0 Å². The lowest BCUT2D eigenvalue weighted by Crippen LogP contribution is -2.40. The number of carbonyl (C=O) groups is 2. The number of rotatable bonds is 2. The Morgan fingerprint density at radius 1 is 1.09 bits per heavy atom. The third kappa shape index (κ3) is 2.85. The van der Waals surface area contributed by atoms with Crippen molar-refractivity contribution in [1.29, 1.82) is 0 Å². The summed E-state index contributed by atoms with van der Waals surface area (Å²) >= 11 is 2.13. The maximum atomic E-state index is 12.6. The summed E-state index contributed by atoms with van der Waals surface area (Å²) in [4.78, 5) is 24.6. The van der Waals surface area contributed by atoms with Crippen LogP contribution in [0.15, 0.2) is 36.4 Å². The molecule has 1 aliphatic heterocycles. The highest BCUT2D eigenvalue weighted by molar-refractivity contribution is 14.1. The van der Waals surface area contributed by atoms with Crippen molar-refractivity contribution in [2.24, 2.45) is 0 Å². The zero-order valence-electron chi connectivity index (χ0n) is 13.0. The van der Waals surface area contributed by atoms with Gasteiger partial charge in [-0.2, -0.15) is 0 Å². The maximum absolute atomic E-state index is 12.6. The van der Waals surface area contributed by atoms with Gasteiger partial charge in [0.1, 0.15) is 11.3 Å². The number of hydrogen-bond donors (Lipinski definition) is 0. The number of hydrogen-bond acceptors (Lipinski definition) is 4. The van der Waals surface area contributed by atoms with Crippen LogP contribution in [0.25, 0.3) is 11.1 Å². The Hall–Kier alpha value is -1.89. The number of cyclic esters (lactones) is 1. The lowest BCUT2D eigenvalue weighted by Gasteiger charge is -2.34. The minimum absolute atomic E-state index is 0.149. The summed E-state index contributed by atoms with van der Waals surface area (Å²) in [6.45, 7) is 4.76. The molecule has 0 unspecified atom stereocenters. The van der Waals surface area contributed by atoms with Crippen LogP contribution < -0.4 is 4.74 Å². The van der Waals surface area contributed by atoms with E-state index in [0.717, 1.165) is 14.7 Å². The van der Waals surface area contributed by atoms with Crippen LogP contribution in [0.3, 0.4) is 0 Å². The Balaban J connectivity index is 2.36. The first kappa shape index (κ1) is 16.0. The number of carbonyl (C=O) groups excluding carboxylic acids is 2. The molecule has 0 bridgehead atoms. The zero-order valence-corrected chi connectivity index (χ0v) is 15.1. The van der Waals surface area contributed by atoms with Gasteiger partial charge in [-0.1, -0.05) is 30.3 Å². The Morgan fingerprint density at radius 3 is 2.35 bits per heavy atom. The van der Waals surface area contributed by atoms with Gasteiger partial charge in [0.15, 0.2) is 5.78 Å². The van der Waals surface area contributed by atoms with Crippen molar-refractivity contribution in [2.75, 3.05) is 0 Å². The molecular formula is C18H15IO4. The Labute approximate surface area is 147 Å². The monoisotopic (exact) mass is 422 g/mol. The molecule has 23 heavy (non-hydrogen) atoms. The molecule has 0 radical (unpaired) electrons. The average Bonchev–Trinajstić information content (AvgIpc) is 2.47. The highest BCUT2D eigenvalue weighted by atomic mass is 127. The molecule has 118 valence electrons. The molecule has 0 spiro atoms. The number of ether oxygens (including phenoxy) is 2. The molecule has 0 N–H and O–H groups in total. The van der Waals surface area contributed by atoms with Crippen molar-refractivity contribution in [3.05, 3.63) is 51.1 Å². The standard InChI is InChI=1S/C18H15IO4/c1-10(20)12-9-13(19)14(11-7-5-4-6-8-11)15-16(12)22-18(2,3)23-17(15)21/h4-9H,1-3H3. The summed E-state index contributed by atoms with van der Waals surface area (Å²) in [5.41, 5.74) is 2.32. The largest absolute Gasteiger partial charge is 0.451 e. The molecule has 1 aliphatic rings. The van der Waals surface area contributed by atoms with Crippen molar-refractivity contribution in [3.8, 4) is 16.9 Å². The van der Waals surface area contributed by atoms with Gasteiger partial charge in [0.05, 0.1) is 5.56 Å². The van der Waals surface area contributed by atoms with Gasteiger partial charge >= 0.3 is 5.97 Å². The van der Waals surface area contributed by atoms with Gasteiger partial charge in [-0.3, -0.25) is 4.79 Å². The summed E-state index contributed by atoms with van der Waals surface area (Å²) in [6, 6.07) is 11.3. The molecule has 0 saturated heterocycles. The Morgan fingerprint density at radius 2 is 1.74 bits per heavy atom. The van der Waals surface area contributed by atoms with E-state index < -0.39 is 11.8 Å². The van der Waals surface area contributed by atoms with Crippen molar-refractivity contribution in [2.45, 2.75) is 26.6 Å². The average molecular weight is 422 g/mol. The van der Waals surface area contributed by atoms with Crippen LogP contribution in [0.4, 0.5) is 0 Å². The maximum Gasteiger partial charge on any atom is 0.345 e. The topological polar surface area (TPSA) is 52.6 Å². The molecule has 0 saturated carbocycles. The first-order valence-electron chi connectivity index (χ1n) is 7.15. The fourth-order valence-electron chi connectivity index (χ4n) is 2.62. The van der Waals surface area contributed by atoms with Gasteiger partial charge in [-0.05, 0) is 41.1 Å². The van der Waals surface area contributed by atoms with Crippen LogP contribution in [-0.4, -0.2) is 17.5 Å². The van der Waals surface area contributed by atoms with E-state index in [1.165, 1.54) is 6.92 Å². The number of ketones is 1. The lowest BCUT2D eigenvalue weighted by molar-refractivity contribution is -0.127. The van der Waals surface area contributed by atoms with Gasteiger partial charge in [-0.25, -0.2) is 4.79 Å². The minimum Gasteiger partial charge on any atom is -0.451 e. The third-order valence-corrected chi connectivity index (χ3v) is 4.41.